The van der Waals surface area contributed by atoms with Crippen LogP contribution in [0.15, 0.2) is 24.3 Å². The average Bonchev–Trinajstić information content (AvgIpc) is 2.93. The zero-order valence-corrected chi connectivity index (χ0v) is 15.1. The van der Waals surface area contributed by atoms with Gasteiger partial charge in [-0.2, -0.15) is 0 Å². The van der Waals surface area contributed by atoms with Gasteiger partial charge in [0.15, 0.2) is 0 Å². The Bertz CT molecular complexity index is 651. The molecule has 2 aliphatic rings. The number of benzene rings is 1. The van der Waals surface area contributed by atoms with E-state index in [1.54, 1.807) is 12.0 Å². The van der Waals surface area contributed by atoms with E-state index in [1.807, 2.05) is 36.2 Å². The van der Waals surface area contributed by atoms with Crippen molar-refractivity contribution in [3.8, 4) is 0 Å². The van der Waals surface area contributed by atoms with Crippen LogP contribution in [-0.2, 0) is 14.3 Å². The van der Waals surface area contributed by atoms with Crippen molar-refractivity contribution in [2.24, 2.45) is 0 Å². The van der Waals surface area contributed by atoms with Crippen molar-refractivity contribution in [2.45, 2.75) is 18.6 Å². The summed E-state index contributed by atoms with van der Waals surface area (Å²) >= 11 is 0. The van der Waals surface area contributed by atoms with Crippen molar-refractivity contribution < 1.29 is 14.3 Å². The van der Waals surface area contributed by atoms with E-state index in [4.69, 9.17) is 4.74 Å². The number of rotatable bonds is 5. The molecule has 0 radical (unpaired) electrons. The van der Waals surface area contributed by atoms with Crippen LogP contribution in [0.3, 0.4) is 0 Å². The Labute approximate surface area is 148 Å². The van der Waals surface area contributed by atoms with Gasteiger partial charge in [0.05, 0.1) is 24.0 Å². The quantitative estimate of drug-likeness (QED) is 0.847. The number of nitrogens with zero attached hydrogens (tertiary/aromatic N) is 3. The molecule has 1 aromatic rings. The van der Waals surface area contributed by atoms with Crippen molar-refractivity contribution in [1.29, 1.82) is 0 Å². The van der Waals surface area contributed by atoms with E-state index in [1.165, 1.54) is 0 Å². The molecule has 0 aromatic heterocycles. The number of carbonyl (C=O) groups excluding carboxylic acids is 2. The maximum Gasteiger partial charge on any atom is 0.244 e. The maximum atomic E-state index is 12.8. The molecule has 0 spiro atoms. The van der Waals surface area contributed by atoms with Gasteiger partial charge < -0.3 is 10.1 Å². The predicted octanol–water partition coefficient (Wildman–Crippen LogP) is 0.623. The molecule has 0 saturated carbocycles. The van der Waals surface area contributed by atoms with Crippen molar-refractivity contribution >= 4 is 23.2 Å². The number of para-hydroxylation sites is 2. The minimum absolute atomic E-state index is 0.0614. The number of likely N-dealkylation sites (N-methyl/N-ethyl adjacent to an activating group) is 2. The second-order valence-corrected chi connectivity index (χ2v) is 6.93. The highest BCUT2D eigenvalue weighted by molar-refractivity contribution is 6.10. The van der Waals surface area contributed by atoms with E-state index in [0.717, 1.165) is 25.2 Å². The lowest BCUT2D eigenvalue weighted by molar-refractivity contribution is -0.122. The van der Waals surface area contributed by atoms with Gasteiger partial charge in [0, 0.05) is 26.2 Å². The molecule has 1 N–H and O–H groups in total. The van der Waals surface area contributed by atoms with Crippen LogP contribution in [0.25, 0.3) is 0 Å². The number of hydrogen-bond donors (Lipinski definition) is 1. The molecular weight excluding hydrogens is 320 g/mol. The lowest BCUT2D eigenvalue weighted by Gasteiger charge is -2.31. The van der Waals surface area contributed by atoms with Crippen LogP contribution in [-0.4, -0.2) is 81.1 Å². The van der Waals surface area contributed by atoms with Gasteiger partial charge in [-0.25, -0.2) is 0 Å². The fourth-order valence-corrected chi connectivity index (χ4v) is 3.61. The van der Waals surface area contributed by atoms with Gasteiger partial charge in [-0.1, -0.05) is 12.1 Å². The monoisotopic (exact) mass is 346 g/mol. The van der Waals surface area contributed by atoms with Gasteiger partial charge >= 0.3 is 0 Å². The fraction of sp³-hybridized carbons (Fsp3) is 0.556. The Hall–Kier alpha value is -1.96. The number of methoxy groups -OCH3 is 1. The molecule has 2 heterocycles. The number of anilines is 2. The second-order valence-electron chi connectivity index (χ2n) is 6.93. The minimum Gasteiger partial charge on any atom is -0.380 e. The Kier molecular flexibility index (Phi) is 5.36. The first kappa shape index (κ1) is 17.8. The lowest BCUT2D eigenvalue weighted by atomic mass is 10.1. The molecule has 1 aromatic carbocycles. The molecule has 1 fully saturated rings. The summed E-state index contributed by atoms with van der Waals surface area (Å²) in [6.45, 7) is 2.06. The fourth-order valence-electron chi connectivity index (χ4n) is 3.61. The topological polar surface area (TPSA) is 65.1 Å². The Morgan fingerprint density at radius 2 is 2.16 bits per heavy atom. The standard InChI is InChI=1S/C18H26N4O3/c1-20(9-13-8-14(25-3)10-21(13)2)12-18(24)22-11-17(23)19-15-6-4-5-7-16(15)22/h4-7,13-14H,8-12H2,1-3H3,(H,19,23)/t13-,14-/m0/s1. The zero-order chi connectivity index (χ0) is 18.0. The smallest absolute Gasteiger partial charge is 0.244 e. The van der Waals surface area contributed by atoms with Crippen molar-refractivity contribution in [3.63, 3.8) is 0 Å². The normalized spacial score (nSPS) is 23.7. The average molecular weight is 346 g/mol. The maximum absolute atomic E-state index is 12.8. The molecule has 7 nitrogen and oxygen atoms in total. The van der Waals surface area contributed by atoms with Crippen molar-refractivity contribution in [2.75, 3.05) is 57.6 Å². The van der Waals surface area contributed by atoms with E-state index in [0.29, 0.717) is 11.7 Å². The summed E-state index contributed by atoms with van der Waals surface area (Å²) in [5.74, 6) is -0.220. The summed E-state index contributed by atoms with van der Waals surface area (Å²) in [5.41, 5.74) is 1.45. The second kappa shape index (κ2) is 7.51. The first-order valence-electron chi connectivity index (χ1n) is 8.58. The molecule has 0 unspecified atom stereocenters. The predicted molar refractivity (Wildman–Crippen MR) is 96.8 cm³/mol. The summed E-state index contributed by atoms with van der Waals surface area (Å²) in [6.07, 6.45) is 1.23. The highest BCUT2D eigenvalue weighted by Crippen LogP contribution is 2.29. The van der Waals surface area contributed by atoms with E-state index in [9.17, 15) is 9.59 Å². The van der Waals surface area contributed by atoms with Crippen molar-refractivity contribution in [1.82, 2.24) is 9.80 Å². The molecule has 0 bridgehead atoms. The van der Waals surface area contributed by atoms with E-state index < -0.39 is 0 Å². The van der Waals surface area contributed by atoms with Crippen LogP contribution in [0.1, 0.15) is 6.42 Å². The summed E-state index contributed by atoms with van der Waals surface area (Å²) < 4.78 is 5.44. The van der Waals surface area contributed by atoms with Crippen LogP contribution in [0.5, 0.6) is 0 Å². The molecule has 0 aliphatic carbocycles. The van der Waals surface area contributed by atoms with Crippen LogP contribution < -0.4 is 10.2 Å². The lowest BCUT2D eigenvalue weighted by Crippen LogP contribution is -2.47. The molecule has 136 valence electrons. The van der Waals surface area contributed by atoms with E-state index in [-0.39, 0.29) is 31.0 Å². The Balaban J connectivity index is 1.61. The van der Waals surface area contributed by atoms with Gasteiger partial charge in [0.2, 0.25) is 11.8 Å². The van der Waals surface area contributed by atoms with Gasteiger partial charge in [-0.15, -0.1) is 0 Å². The highest BCUT2D eigenvalue weighted by atomic mass is 16.5. The number of nitrogens with one attached hydrogen (secondary N) is 1. The largest absolute Gasteiger partial charge is 0.380 e. The molecule has 1 saturated heterocycles. The third-order valence-corrected chi connectivity index (χ3v) is 4.98. The summed E-state index contributed by atoms with van der Waals surface area (Å²) in [6, 6.07) is 7.77. The van der Waals surface area contributed by atoms with Crippen molar-refractivity contribution in [3.05, 3.63) is 24.3 Å². The molecule has 2 amide bonds. The highest BCUT2D eigenvalue weighted by Gasteiger charge is 2.31. The molecule has 25 heavy (non-hydrogen) atoms. The molecular formula is C18H26N4O3. The van der Waals surface area contributed by atoms with Gasteiger partial charge in [-0.3, -0.25) is 24.3 Å². The van der Waals surface area contributed by atoms with Crippen LogP contribution in [0.4, 0.5) is 11.4 Å². The van der Waals surface area contributed by atoms with Crippen LogP contribution in [0.2, 0.25) is 0 Å². The molecule has 2 aliphatic heterocycles. The zero-order valence-electron chi connectivity index (χ0n) is 15.1. The van der Waals surface area contributed by atoms with Crippen LogP contribution in [0, 0.1) is 0 Å². The number of amides is 2. The van der Waals surface area contributed by atoms with E-state index >= 15 is 0 Å². The Morgan fingerprint density at radius 1 is 1.40 bits per heavy atom. The SMILES string of the molecule is CO[C@H]1C[C@@H](CN(C)CC(=O)N2CC(=O)Nc3ccccc32)N(C)C1. The number of carbonyl (C=O) groups is 2. The number of ether oxygens (including phenoxy) is 1. The summed E-state index contributed by atoms with van der Waals surface area (Å²) in [7, 11) is 5.78. The molecule has 7 heteroatoms. The third-order valence-electron chi connectivity index (χ3n) is 4.98. The van der Waals surface area contributed by atoms with Gasteiger partial charge in [-0.05, 0) is 32.6 Å². The molecule has 2 atom stereocenters. The van der Waals surface area contributed by atoms with Gasteiger partial charge in [0.1, 0.15) is 6.54 Å². The summed E-state index contributed by atoms with van der Waals surface area (Å²) in [4.78, 5) is 30.5. The van der Waals surface area contributed by atoms with Gasteiger partial charge in [0.25, 0.3) is 0 Å². The molecule has 3 rings (SSSR count). The first-order chi connectivity index (χ1) is 12.0. The van der Waals surface area contributed by atoms with E-state index in [2.05, 4.69) is 17.3 Å². The number of fused-ring (bicyclic) bond motifs is 1. The summed E-state index contributed by atoms with van der Waals surface area (Å²) in [5, 5.41) is 2.81. The number of likely N-dealkylation sites (tertiary alicyclic amines) is 1. The van der Waals surface area contributed by atoms with Crippen LogP contribution >= 0.6 is 0 Å². The first-order valence-corrected chi connectivity index (χ1v) is 8.58. The third kappa shape index (κ3) is 4.00. The Morgan fingerprint density at radius 3 is 2.88 bits per heavy atom. The minimum atomic E-state index is -0.159. The number of hydrogen-bond acceptors (Lipinski definition) is 5.